The van der Waals surface area contributed by atoms with Gasteiger partial charge in [-0.05, 0) is 37.1 Å². The molecule has 3 aromatic rings. The highest BCUT2D eigenvalue weighted by atomic mass is 32.2. The van der Waals surface area contributed by atoms with E-state index in [1.807, 2.05) is 30.3 Å². The number of sulfonamides is 1. The van der Waals surface area contributed by atoms with Crippen molar-refractivity contribution in [3.05, 3.63) is 64.8 Å². The molecule has 1 saturated carbocycles. The molecule has 9 nitrogen and oxygen atoms in total. The molecule has 0 saturated heterocycles. The number of nitrogens with zero attached hydrogens (tertiary/aromatic N) is 3. The minimum absolute atomic E-state index is 0.0343. The number of ether oxygens (including phenoxy) is 2. The van der Waals surface area contributed by atoms with Crippen molar-refractivity contribution in [3.8, 4) is 17.2 Å². The Bertz CT molecular complexity index is 1260. The summed E-state index contributed by atoms with van der Waals surface area (Å²) in [5.41, 5.74) is 0.490. The Morgan fingerprint density at radius 1 is 1.03 bits per heavy atom. The summed E-state index contributed by atoms with van der Waals surface area (Å²) >= 11 is 0. The van der Waals surface area contributed by atoms with E-state index in [9.17, 15) is 13.2 Å². The monoisotopic (exact) mass is 442 g/mol. The first-order valence-electron chi connectivity index (χ1n) is 10.2. The van der Waals surface area contributed by atoms with Crippen LogP contribution in [0.1, 0.15) is 24.6 Å². The van der Waals surface area contributed by atoms with Gasteiger partial charge < -0.3 is 9.47 Å². The molecule has 1 aliphatic carbocycles. The van der Waals surface area contributed by atoms with E-state index in [0.717, 1.165) is 24.4 Å². The van der Waals surface area contributed by atoms with Crippen molar-refractivity contribution < 1.29 is 17.9 Å². The maximum Gasteiger partial charge on any atom is 0.350 e. The lowest BCUT2D eigenvalue weighted by Gasteiger charge is -2.18. The highest BCUT2D eigenvalue weighted by Crippen LogP contribution is 2.39. The molecule has 0 spiro atoms. The Hall–Kier alpha value is -3.11. The topological polar surface area (TPSA) is 104 Å². The molecular weight excluding hydrogens is 420 g/mol. The molecular formula is C21H22N4O5S. The van der Waals surface area contributed by atoms with Crippen molar-refractivity contribution >= 4 is 10.0 Å². The Morgan fingerprint density at radius 3 is 2.52 bits per heavy atom. The van der Waals surface area contributed by atoms with Crippen LogP contribution in [-0.2, 0) is 16.6 Å². The second kappa shape index (κ2) is 7.86. The largest absolute Gasteiger partial charge is 0.486 e. The highest BCUT2D eigenvalue weighted by molar-refractivity contribution is 7.89. The number of benzene rings is 2. The Balaban J connectivity index is 1.33. The summed E-state index contributed by atoms with van der Waals surface area (Å²) in [6.45, 7) is 0.972. The number of fused-ring (bicyclic) bond motifs is 1. The van der Waals surface area contributed by atoms with Crippen LogP contribution in [0.15, 0.2) is 58.2 Å². The van der Waals surface area contributed by atoms with E-state index in [2.05, 4.69) is 9.82 Å². The molecule has 0 atom stereocenters. The van der Waals surface area contributed by atoms with Crippen LogP contribution in [0.25, 0.3) is 5.69 Å². The molecule has 0 unspecified atom stereocenters. The van der Waals surface area contributed by atoms with E-state index in [4.69, 9.17) is 9.47 Å². The molecule has 31 heavy (non-hydrogen) atoms. The average Bonchev–Trinajstić information content (AvgIpc) is 3.58. The van der Waals surface area contributed by atoms with Gasteiger partial charge in [0.05, 0.1) is 17.1 Å². The Morgan fingerprint density at radius 2 is 1.77 bits per heavy atom. The zero-order valence-corrected chi connectivity index (χ0v) is 17.5. The second-order valence-electron chi connectivity index (χ2n) is 7.51. The van der Waals surface area contributed by atoms with Crippen LogP contribution in [-0.4, -0.2) is 42.5 Å². The third kappa shape index (κ3) is 3.96. The van der Waals surface area contributed by atoms with Crippen molar-refractivity contribution in [2.75, 3.05) is 19.8 Å². The molecule has 0 bridgehead atoms. The summed E-state index contributed by atoms with van der Waals surface area (Å²) in [6.07, 6.45) is 2.00. The first-order valence-corrected chi connectivity index (χ1v) is 11.7. The maximum absolute atomic E-state index is 13.0. The van der Waals surface area contributed by atoms with Gasteiger partial charge in [0.15, 0.2) is 11.5 Å². The molecule has 0 radical (unpaired) electrons. The fourth-order valence-corrected chi connectivity index (χ4v) is 4.59. The van der Waals surface area contributed by atoms with E-state index >= 15 is 0 Å². The van der Waals surface area contributed by atoms with Crippen LogP contribution in [0.5, 0.6) is 11.5 Å². The van der Waals surface area contributed by atoms with E-state index in [-0.39, 0.29) is 29.6 Å². The Labute approximate surface area is 179 Å². The molecule has 0 amide bonds. The number of para-hydroxylation sites is 1. The van der Waals surface area contributed by atoms with Crippen molar-refractivity contribution in [2.24, 2.45) is 0 Å². The van der Waals surface area contributed by atoms with Crippen LogP contribution in [0.4, 0.5) is 0 Å². The lowest BCUT2D eigenvalue weighted by atomic mass is 10.3. The van der Waals surface area contributed by atoms with Crippen LogP contribution < -0.4 is 19.9 Å². The normalized spacial score (nSPS) is 15.7. The zero-order chi connectivity index (χ0) is 21.4. The first kappa shape index (κ1) is 19.8. The molecule has 162 valence electrons. The van der Waals surface area contributed by atoms with Crippen molar-refractivity contribution in [1.82, 2.24) is 19.1 Å². The summed E-state index contributed by atoms with van der Waals surface area (Å²) in [5.74, 6) is 1.92. The molecule has 5 rings (SSSR count). The predicted octanol–water partition coefficient (Wildman–Crippen LogP) is 1.66. The lowest BCUT2D eigenvalue weighted by molar-refractivity contribution is 0.171. The summed E-state index contributed by atoms with van der Waals surface area (Å²) in [4.78, 5) is 13.0. The van der Waals surface area contributed by atoms with E-state index in [0.29, 0.717) is 24.7 Å². The van der Waals surface area contributed by atoms with E-state index in [1.54, 1.807) is 10.6 Å². The predicted molar refractivity (Wildman–Crippen MR) is 112 cm³/mol. The minimum atomic E-state index is -3.77. The molecule has 1 aliphatic heterocycles. The van der Waals surface area contributed by atoms with Crippen LogP contribution in [0.3, 0.4) is 0 Å². The lowest BCUT2D eigenvalue weighted by Crippen LogP contribution is -2.32. The first-order chi connectivity index (χ1) is 15.0. The van der Waals surface area contributed by atoms with Gasteiger partial charge in [0.1, 0.15) is 19.0 Å². The van der Waals surface area contributed by atoms with Gasteiger partial charge in [-0.1, -0.05) is 18.2 Å². The smallest absolute Gasteiger partial charge is 0.350 e. The minimum Gasteiger partial charge on any atom is -0.486 e. The zero-order valence-electron chi connectivity index (χ0n) is 16.7. The fraction of sp³-hybridized carbons (Fsp3) is 0.333. The van der Waals surface area contributed by atoms with Gasteiger partial charge in [-0.3, -0.25) is 0 Å². The SMILES string of the molecule is O=c1n(CCNS(=O)(=O)c2ccc3c(c2)OCCO3)nc(C2CC2)n1-c1ccccc1. The van der Waals surface area contributed by atoms with E-state index in [1.165, 1.54) is 16.8 Å². The van der Waals surface area contributed by atoms with Gasteiger partial charge in [0.25, 0.3) is 0 Å². The van der Waals surface area contributed by atoms with Gasteiger partial charge in [-0.25, -0.2) is 27.2 Å². The molecule has 1 aromatic heterocycles. The van der Waals surface area contributed by atoms with Gasteiger partial charge in [-0.15, -0.1) is 0 Å². The van der Waals surface area contributed by atoms with Gasteiger partial charge in [-0.2, -0.15) is 5.10 Å². The second-order valence-corrected chi connectivity index (χ2v) is 9.28. The third-order valence-corrected chi connectivity index (χ3v) is 6.72. The van der Waals surface area contributed by atoms with Gasteiger partial charge >= 0.3 is 5.69 Å². The van der Waals surface area contributed by atoms with Crippen molar-refractivity contribution in [1.29, 1.82) is 0 Å². The van der Waals surface area contributed by atoms with E-state index < -0.39 is 10.0 Å². The van der Waals surface area contributed by atoms with Crippen LogP contribution >= 0.6 is 0 Å². The third-order valence-electron chi connectivity index (χ3n) is 5.26. The summed E-state index contributed by atoms with van der Waals surface area (Å²) < 4.78 is 41.7. The Kier molecular flexibility index (Phi) is 5.03. The summed E-state index contributed by atoms with van der Waals surface area (Å²) in [7, 11) is -3.77. The molecule has 2 heterocycles. The number of rotatable bonds is 7. The van der Waals surface area contributed by atoms with Crippen LogP contribution in [0.2, 0.25) is 0 Å². The van der Waals surface area contributed by atoms with Crippen LogP contribution in [0, 0.1) is 0 Å². The maximum atomic E-state index is 13.0. The van der Waals surface area contributed by atoms with Crippen molar-refractivity contribution in [3.63, 3.8) is 0 Å². The molecule has 1 fully saturated rings. The quantitative estimate of drug-likeness (QED) is 0.597. The number of hydrogen-bond donors (Lipinski definition) is 1. The summed E-state index contributed by atoms with van der Waals surface area (Å²) in [5, 5.41) is 4.49. The standard InChI is InChI=1S/C21H22N4O5S/c26-21-24(23-20(15-6-7-15)25(21)16-4-2-1-3-5-16)11-10-22-31(27,28)17-8-9-18-19(14-17)30-13-12-29-18/h1-5,8-9,14-15,22H,6-7,10-13H2. The molecule has 10 heteroatoms. The van der Waals surface area contributed by atoms with Gasteiger partial charge in [0, 0.05) is 18.5 Å². The molecule has 1 N–H and O–H groups in total. The van der Waals surface area contributed by atoms with Gasteiger partial charge in [0.2, 0.25) is 10.0 Å². The number of aromatic nitrogens is 3. The summed E-state index contributed by atoms with van der Waals surface area (Å²) in [6, 6.07) is 13.9. The molecule has 2 aromatic carbocycles. The average molecular weight is 442 g/mol. The fourth-order valence-electron chi connectivity index (χ4n) is 3.56. The number of nitrogens with one attached hydrogen (secondary N) is 1. The number of hydrogen-bond acceptors (Lipinski definition) is 6. The van der Waals surface area contributed by atoms with Crippen molar-refractivity contribution in [2.45, 2.75) is 30.2 Å². The molecule has 2 aliphatic rings. The highest BCUT2D eigenvalue weighted by Gasteiger charge is 2.31.